The molecule has 0 radical (unpaired) electrons. The fourth-order valence-electron chi connectivity index (χ4n) is 4.75. The molecule has 4 nitrogen and oxygen atoms in total. The van der Waals surface area contributed by atoms with Gasteiger partial charge in [0.1, 0.15) is 17.2 Å². The van der Waals surface area contributed by atoms with Crippen LogP contribution in [0.2, 0.25) is 0 Å². The fourth-order valence-corrected chi connectivity index (χ4v) is 4.75. The summed E-state index contributed by atoms with van der Waals surface area (Å²) in [5, 5.41) is 0. The Bertz CT molecular complexity index is 1090. The van der Waals surface area contributed by atoms with E-state index in [-0.39, 0.29) is 0 Å². The first-order chi connectivity index (χ1) is 19.1. The monoisotopic (exact) mass is 530 g/mol. The minimum atomic E-state index is -0.405. The van der Waals surface area contributed by atoms with Crippen molar-refractivity contribution in [3.8, 4) is 28.4 Å². The summed E-state index contributed by atoms with van der Waals surface area (Å²) in [6.45, 7) is 8.09. The Hall–Kier alpha value is -3.27. The second-order valence-electron chi connectivity index (χ2n) is 10.4. The lowest BCUT2D eigenvalue weighted by Crippen LogP contribution is -2.11. The Balaban J connectivity index is 1.61. The largest absolute Gasteiger partial charge is 0.494 e. The molecule has 0 bridgehead atoms. The van der Waals surface area contributed by atoms with Gasteiger partial charge in [-0.25, -0.2) is 4.79 Å². The van der Waals surface area contributed by atoms with E-state index in [0.717, 1.165) is 42.1 Å². The van der Waals surface area contributed by atoms with Crippen LogP contribution in [0.4, 0.5) is 0 Å². The second kappa shape index (κ2) is 17.3. The molecule has 0 amide bonds. The van der Waals surface area contributed by atoms with Crippen LogP contribution >= 0.6 is 0 Å². The van der Waals surface area contributed by atoms with Crippen molar-refractivity contribution in [1.82, 2.24) is 0 Å². The van der Waals surface area contributed by atoms with Crippen molar-refractivity contribution in [2.24, 2.45) is 5.92 Å². The number of hydrogen-bond donors (Lipinski definition) is 0. The lowest BCUT2D eigenvalue weighted by Gasteiger charge is -2.13. The Morgan fingerprint density at radius 1 is 0.667 bits per heavy atom. The van der Waals surface area contributed by atoms with Gasteiger partial charge < -0.3 is 14.2 Å². The van der Waals surface area contributed by atoms with Gasteiger partial charge in [0.15, 0.2) is 0 Å². The van der Waals surface area contributed by atoms with Gasteiger partial charge in [-0.1, -0.05) is 96.0 Å². The van der Waals surface area contributed by atoms with E-state index in [9.17, 15) is 4.79 Å². The predicted octanol–water partition coefficient (Wildman–Crippen LogP) is 9.91. The zero-order valence-electron chi connectivity index (χ0n) is 24.1. The van der Waals surface area contributed by atoms with Crippen LogP contribution in [0.1, 0.15) is 95.3 Å². The highest BCUT2D eigenvalue weighted by atomic mass is 16.5. The van der Waals surface area contributed by atoms with Gasteiger partial charge in [-0.15, -0.1) is 0 Å². The molecule has 3 rings (SSSR count). The maximum atomic E-state index is 13.3. The van der Waals surface area contributed by atoms with Crippen LogP contribution in [-0.2, 0) is 0 Å². The number of carbonyl (C=O) groups is 1. The molecule has 4 heteroatoms. The van der Waals surface area contributed by atoms with Crippen LogP contribution in [0.15, 0.2) is 72.8 Å². The Morgan fingerprint density at radius 2 is 1.31 bits per heavy atom. The molecule has 0 saturated carbocycles. The first-order valence-corrected chi connectivity index (χ1v) is 14.9. The summed E-state index contributed by atoms with van der Waals surface area (Å²) in [7, 11) is 0. The SMILES string of the molecule is CCCCCCCCOc1ccc(-c2ccccc2)c(C(=O)Oc2ccc(OCCC[C@@H](C)CCC)cc2)c1. The van der Waals surface area contributed by atoms with E-state index in [1.807, 2.05) is 54.6 Å². The van der Waals surface area contributed by atoms with Crippen molar-refractivity contribution < 1.29 is 19.0 Å². The predicted molar refractivity (Wildman–Crippen MR) is 161 cm³/mol. The number of rotatable bonds is 18. The molecule has 0 heterocycles. The molecule has 0 saturated heterocycles. The van der Waals surface area contributed by atoms with E-state index in [1.54, 1.807) is 18.2 Å². The Kier molecular flexibility index (Phi) is 13.5. The number of ether oxygens (including phenoxy) is 3. The maximum absolute atomic E-state index is 13.3. The molecule has 0 N–H and O–H groups in total. The molecule has 1 atom stereocenters. The molecule has 0 unspecified atom stereocenters. The average molecular weight is 531 g/mol. The van der Waals surface area contributed by atoms with Crippen LogP contribution in [0.25, 0.3) is 11.1 Å². The first-order valence-electron chi connectivity index (χ1n) is 14.9. The standard InChI is InChI=1S/C35H46O4/c1-4-6-7-8-9-13-25-38-32-23-24-33(29-17-11-10-12-18-29)34(27-32)35(36)39-31-21-19-30(20-22-31)37-26-14-16-28(3)15-5-2/h10-12,17-24,27-28H,4-9,13-16,25-26H2,1-3H3/t28-/m0/s1. The lowest BCUT2D eigenvalue weighted by molar-refractivity contribution is 0.0735. The lowest BCUT2D eigenvalue weighted by atomic mass is 9.99. The van der Waals surface area contributed by atoms with Crippen LogP contribution < -0.4 is 14.2 Å². The number of unbranched alkanes of at least 4 members (excludes halogenated alkanes) is 5. The van der Waals surface area contributed by atoms with Crippen molar-refractivity contribution in [2.75, 3.05) is 13.2 Å². The summed E-state index contributed by atoms with van der Waals surface area (Å²) in [5.41, 5.74) is 2.27. The number of esters is 1. The summed E-state index contributed by atoms with van der Waals surface area (Å²) in [4.78, 5) is 13.3. The van der Waals surface area contributed by atoms with E-state index in [2.05, 4.69) is 20.8 Å². The molecule has 210 valence electrons. The molecular weight excluding hydrogens is 484 g/mol. The summed E-state index contributed by atoms with van der Waals surface area (Å²) in [6, 6.07) is 22.9. The van der Waals surface area contributed by atoms with Gasteiger partial charge in [0.25, 0.3) is 0 Å². The minimum absolute atomic E-state index is 0.405. The highest BCUT2D eigenvalue weighted by Crippen LogP contribution is 2.29. The molecule has 0 aliphatic rings. The highest BCUT2D eigenvalue weighted by molar-refractivity contribution is 5.99. The molecule has 0 spiro atoms. The molecule has 3 aromatic carbocycles. The third kappa shape index (κ3) is 10.8. The van der Waals surface area contributed by atoms with Gasteiger partial charge in [0.2, 0.25) is 0 Å². The van der Waals surface area contributed by atoms with Crippen molar-refractivity contribution in [3.63, 3.8) is 0 Å². The van der Waals surface area contributed by atoms with Crippen LogP contribution in [0, 0.1) is 5.92 Å². The molecule has 3 aromatic rings. The van der Waals surface area contributed by atoms with E-state index in [0.29, 0.717) is 30.3 Å². The van der Waals surface area contributed by atoms with Gasteiger partial charge in [-0.05, 0) is 78.8 Å². The normalized spacial score (nSPS) is 11.7. The van der Waals surface area contributed by atoms with Crippen molar-refractivity contribution in [1.29, 1.82) is 0 Å². The second-order valence-corrected chi connectivity index (χ2v) is 10.4. The minimum Gasteiger partial charge on any atom is -0.494 e. The number of benzene rings is 3. The first kappa shape index (κ1) is 30.3. The molecule has 0 aliphatic heterocycles. The van der Waals surface area contributed by atoms with Crippen molar-refractivity contribution in [3.05, 3.63) is 78.4 Å². The van der Waals surface area contributed by atoms with Gasteiger partial charge in [-0.2, -0.15) is 0 Å². The van der Waals surface area contributed by atoms with Gasteiger partial charge in [0, 0.05) is 0 Å². The summed E-state index contributed by atoms with van der Waals surface area (Å²) < 4.78 is 17.7. The fraction of sp³-hybridized carbons (Fsp3) is 0.457. The van der Waals surface area contributed by atoms with E-state index < -0.39 is 5.97 Å². The molecular formula is C35H46O4. The Morgan fingerprint density at radius 3 is 2.05 bits per heavy atom. The topological polar surface area (TPSA) is 44.8 Å². The molecule has 0 aromatic heterocycles. The van der Waals surface area contributed by atoms with Gasteiger partial charge in [-0.3, -0.25) is 0 Å². The number of carbonyl (C=O) groups excluding carboxylic acids is 1. The zero-order valence-corrected chi connectivity index (χ0v) is 24.1. The highest BCUT2D eigenvalue weighted by Gasteiger charge is 2.17. The molecule has 0 fully saturated rings. The average Bonchev–Trinajstić information content (AvgIpc) is 2.96. The smallest absolute Gasteiger partial charge is 0.344 e. The summed E-state index contributed by atoms with van der Waals surface area (Å²) in [6.07, 6.45) is 11.9. The zero-order chi connectivity index (χ0) is 27.7. The third-order valence-corrected chi connectivity index (χ3v) is 6.99. The quantitative estimate of drug-likeness (QED) is 0.0932. The van der Waals surface area contributed by atoms with Crippen molar-refractivity contribution in [2.45, 2.75) is 85.0 Å². The summed E-state index contributed by atoms with van der Waals surface area (Å²) in [5.74, 6) is 2.29. The van der Waals surface area contributed by atoms with Gasteiger partial charge in [0.05, 0.1) is 18.8 Å². The number of hydrogen-bond acceptors (Lipinski definition) is 4. The third-order valence-electron chi connectivity index (χ3n) is 6.99. The molecule has 0 aliphatic carbocycles. The van der Waals surface area contributed by atoms with Crippen molar-refractivity contribution >= 4 is 5.97 Å². The summed E-state index contributed by atoms with van der Waals surface area (Å²) >= 11 is 0. The van der Waals surface area contributed by atoms with E-state index in [4.69, 9.17) is 14.2 Å². The Labute approximate surface area is 235 Å². The van der Waals surface area contributed by atoms with Crippen LogP contribution in [-0.4, -0.2) is 19.2 Å². The maximum Gasteiger partial charge on any atom is 0.344 e. The van der Waals surface area contributed by atoms with Crippen LogP contribution in [0.5, 0.6) is 17.2 Å². The van der Waals surface area contributed by atoms with E-state index in [1.165, 1.54) is 44.9 Å². The van der Waals surface area contributed by atoms with Crippen LogP contribution in [0.3, 0.4) is 0 Å². The van der Waals surface area contributed by atoms with Gasteiger partial charge >= 0.3 is 5.97 Å². The molecule has 39 heavy (non-hydrogen) atoms. The van der Waals surface area contributed by atoms with E-state index >= 15 is 0 Å².